The lowest BCUT2D eigenvalue weighted by atomic mass is 9.89. The van der Waals surface area contributed by atoms with Gasteiger partial charge in [-0.2, -0.15) is 0 Å². The zero-order chi connectivity index (χ0) is 37.2. The van der Waals surface area contributed by atoms with Crippen molar-refractivity contribution in [1.29, 1.82) is 0 Å². The molecule has 0 N–H and O–H groups in total. The standard InChI is InChI=1S/C52H28N2O3/c1-3-11-29(12-4-1)49-51-50(54-52(53-49)30-13-5-2-6-14-30)38-26-24-32(28-44(38)57-51)34-16-8-20-40-46(34)37-25-23-31(27-43(37)56-40)33-15-7-17-35-36-18-9-21-41-47(36)48-39(45(33)35)19-10-22-42(48)55-41/h1-28H. The highest BCUT2D eigenvalue weighted by Crippen LogP contribution is 2.46. The third-order valence-electron chi connectivity index (χ3n) is 11.7. The SMILES string of the molecule is c1ccc(-c2nc(-c3ccccc3)c3oc4cc(-c5cccc6oc7cc(-c8cccc9c%10cccc%11oc%12cccc(c89)c%12c%11%10)ccc7c56)ccc4c3n2)cc1. The number of aromatic nitrogens is 2. The number of hydrogen-bond donors (Lipinski definition) is 0. The fourth-order valence-electron chi connectivity index (χ4n) is 9.16. The average Bonchev–Trinajstić information content (AvgIpc) is 3.97. The van der Waals surface area contributed by atoms with Gasteiger partial charge in [0.25, 0.3) is 0 Å². The normalized spacial score (nSPS) is 12.2. The van der Waals surface area contributed by atoms with E-state index in [1.807, 2.05) is 48.5 Å². The third-order valence-corrected chi connectivity index (χ3v) is 11.7. The first-order chi connectivity index (χ1) is 28.2. The zero-order valence-electron chi connectivity index (χ0n) is 30.3. The smallest absolute Gasteiger partial charge is 0.180 e. The molecule has 0 bridgehead atoms. The van der Waals surface area contributed by atoms with E-state index in [9.17, 15) is 0 Å². The average molecular weight is 729 g/mol. The van der Waals surface area contributed by atoms with Gasteiger partial charge < -0.3 is 13.3 Å². The molecule has 264 valence electrons. The fourth-order valence-corrected chi connectivity index (χ4v) is 9.16. The Labute approximate surface area is 324 Å². The summed E-state index contributed by atoms with van der Waals surface area (Å²) in [5.74, 6) is 0.666. The van der Waals surface area contributed by atoms with Crippen LogP contribution < -0.4 is 0 Å². The Morgan fingerprint density at radius 1 is 0.316 bits per heavy atom. The molecule has 0 radical (unpaired) electrons. The minimum absolute atomic E-state index is 0.666. The maximum atomic E-state index is 6.68. The Kier molecular flexibility index (Phi) is 6.10. The van der Waals surface area contributed by atoms with Crippen LogP contribution in [0.3, 0.4) is 0 Å². The van der Waals surface area contributed by atoms with Crippen LogP contribution in [0.15, 0.2) is 183 Å². The van der Waals surface area contributed by atoms with Crippen LogP contribution in [-0.4, -0.2) is 9.97 Å². The summed E-state index contributed by atoms with van der Waals surface area (Å²) >= 11 is 0. The molecule has 0 fully saturated rings. The van der Waals surface area contributed by atoms with Crippen molar-refractivity contribution in [2.75, 3.05) is 0 Å². The Balaban J connectivity index is 0.983. The van der Waals surface area contributed by atoms with Crippen LogP contribution in [0.1, 0.15) is 0 Å². The van der Waals surface area contributed by atoms with Gasteiger partial charge in [0.1, 0.15) is 39.1 Å². The minimum atomic E-state index is 0.666. The van der Waals surface area contributed by atoms with E-state index >= 15 is 0 Å². The van der Waals surface area contributed by atoms with Crippen LogP contribution in [0.25, 0.3) is 132 Å². The van der Waals surface area contributed by atoms with Crippen LogP contribution in [0.4, 0.5) is 0 Å². The molecule has 5 nitrogen and oxygen atoms in total. The van der Waals surface area contributed by atoms with Gasteiger partial charge in [-0.15, -0.1) is 0 Å². The van der Waals surface area contributed by atoms with E-state index in [0.717, 1.165) is 88.7 Å². The van der Waals surface area contributed by atoms with Crippen LogP contribution in [0.2, 0.25) is 0 Å². The van der Waals surface area contributed by atoms with Crippen LogP contribution in [-0.2, 0) is 0 Å². The number of fused-ring (bicyclic) bond motifs is 9. The van der Waals surface area contributed by atoms with Crippen LogP contribution in [0, 0.1) is 0 Å². The second-order valence-corrected chi connectivity index (χ2v) is 14.8. The molecule has 0 aliphatic heterocycles. The topological polar surface area (TPSA) is 65.2 Å². The monoisotopic (exact) mass is 728 g/mol. The molecule has 0 amide bonds. The van der Waals surface area contributed by atoms with Crippen molar-refractivity contribution in [3.05, 3.63) is 170 Å². The van der Waals surface area contributed by atoms with Gasteiger partial charge in [-0.1, -0.05) is 127 Å². The Morgan fingerprint density at radius 3 is 1.60 bits per heavy atom. The van der Waals surface area contributed by atoms with Crippen molar-refractivity contribution in [2.24, 2.45) is 0 Å². The second-order valence-electron chi connectivity index (χ2n) is 14.8. The summed E-state index contributed by atoms with van der Waals surface area (Å²) in [6.07, 6.45) is 0. The summed E-state index contributed by atoms with van der Waals surface area (Å²) in [5.41, 5.74) is 12.8. The summed E-state index contributed by atoms with van der Waals surface area (Å²) in [5, 5.41) is 10.3. The predicted molar refractivity (Wildman–Crippen MR) is 232 cm³/mol. The molecule has 13 rings (SSSR count). The quantitative estimate of drug-likeness (QED) is 0.169. The molecule has 13 aromatic rings. The highest BCUT2D eigenvalue weighted by molar-refractivity contribution is 6.35. The van der Waals surface area contributed by atoms with Gasteiger partial charge in [-0.3, -0.25) is 0 Å². The maximum Gasteiger partial charge on any atom is 0.180 e. The van der Waals surface area contributed by atoms with Crippen molar-refractivity contribution in [1.82, 2.24) is 9.97 Å². The molecule has 4 aromatic heterocycles. The molecule has 0 saturated heterocycles. The zero-order valence-corrected chi connectivity index (χ0v) is 30.3. The van der Waals surface area contributed by atoms with Crippen molar-refractivity contribution in [3.63, 3.8) is 0 Å². The van der Waals surface area contributed by atoms with E-state index in [4.69, 9.17) is 23.2 Å². The molecular formula is C52H28N2O3. The largest absolute Gasteiger partial charge is 0.456 e. The molecule has 0 unspecified atom stereocenters. The molecule has 0 aliphatic rings. The molecule has 0 saturated carbocycles. The third kappa shape index (κ3) is 4.34. The Bertz CT molecular complexity index is 3740. The van der Waals surface area contributed by atoms with Gasteiger partial charge in [-0.25, -0.2) is 9.97 Å². The maximum absolute atomic E-state index is 6.68. The number of benzene rings is 9. The van der Waals surface area contributed by atoms with E-state index in [1.165, 1.54) is 32.3 Å². The summed E-state index contributed by atoms with van der Waals surface area (Å²) in [7, 11) is 0. The molecule has 4 heterocycles. The lowest BCUT2D eigenvalue weighted by Gasteiger charge is -2.13. The highest BCUT2D eigenvalue weighted by atomic mass is 16.3. The van der Waals surface area contributed by atoms with Gasteiger partial charge in [-0.05, 0) is 86.3 Å². The van der Waals surface area contributed by atoms with Gasteiger partial charge in [0.05, 0.1) is 0 Å². The molecule has 5 heteroatoms. The predicted octanol–water partition coefficient (Wildman–Crippen LogP) is 14.6. The van der Waals surface area contributed by atoms with Crippen LogP contribution >= 0.6 is 0 Å². The van der Waals surface area contributed by atoms with E-state index < -0.39 is 0 Å². The highest BCUT2D eigenvalue weighted by Gasteiger charge is 2.22. The molecule has 9 aromatic carbocycles. The lowest BCUT2D eigenvalue weighted by molar-refractivity contribution is 0.667. The van der Waals surface area contributed by atoms with Gasteiger partial charge in [0.2, 0.25) is 0 Å². The fraction of sp³-hybridized carbons (Fsp3) is 0. The molecular weight excluding hydrogens is 701 g/mol. The van der Waals surface area contributed by atoms with Gasteiger partial charge >= 0.3 is 0 Å². The van der Waals surface area contributed by atoms with E-state index in [0.29, 0.717) is 11.4 Å². The van der Waals surface area contributed by atoms with Gasteiger partial charge in [0.15, 0.2) is 11.4 Å². The molecule has 0 spiro atoms. The van der Waals surface area contributed by atoms with E-state index in [1.54, 1.807) is 0 Å². The second kappa shape index (κ2) is 11.4. The number of nitrogens with zero attached hydrogens (tertiary/aromatic N) is 2. The van der Waals surface area contributed by atoms with Crippen molar-refractivity contribution < 1.29 is 13.3 Å². The summed E-state index contributed by atoms with van der Waals surface area (Å²) in [4.78, 5) is 10.1. The summed E-state index contributed by atoms with van der Waals surface area (Å²) in [6, 6.07) is 58.9. The number of furan rings is 3. The first kappa shape index (κ1) is 30.6. The van der Waals surface area contributed by atoms with Crippen molar-refractivity contribution in [3.8, 4) is 44.9 Å². The summed E-state index contributed by atoms with van der Waals surface area (Å²) < 4.78 is 19.7. The van der Waals surface area contributed by atoms with Crippen LogP contribution in [0.5, 0.6) is 0 Å². The number of rotatable bonds is 4. The molecule has 0 atom stereocenters. The number of hydrogen-bond acceptors (Lipinski definition) is 5. The minimum Gasteiger partial charge on any atom is -0.456 e. The van der Waals surface area contributed by atoms with Crippen molar-refractivity contribution >= 4 is 87.5 Å². The first-order valence-corrected chi connectivity index (χ1v) is 19.1. The van der Waals surface area contributed by atoms with Gasteiger partial charge in [0, 0.05) is 38.1 Å². The van der Waals surface area contributed by atoms with E-state index in [2.05, 4.69) is 121 Å². The lowest BCUT2D eigenvalue weighted by Crippen LogP contribution is -1.93. The summed E-state index contributed by atoms with van der Waals surface area (Å²) in [6.45, 7) is 0. The van der Waals surface area contributed by atoms with E-state index in [-0.39, 0.29) is 0 Å². The van der Waals surface area contributed by atoms with Crippen molar-refractivity contribution in [2.45, 2.75) is 0 Å². The molecule has 0 aliphatic carbocycles. The first-order valence-electron chi connectivity index (χ1n) is 19.1. The molecule has 57 heavy (non-hydrogen) atoms. The Morgan fingerprint density at radius 2 is 0.860 bits per heavy atom. The Hall–Kier alpha value is -7.76.